The van der Waals surface area contributed by atoms with Gasteiger partial charge in [0.2, 0.25) is 0 Å². The Morgan fingerprint density at radius 2 is 1.94 bits per heavy atom. The third-order valence-electron chi connectivity index (χ3n) is 3.00. The standard InChI is InChI=1S/C14H15NO3/c15-12(9-11-2-1-5-16-11)10-3-4-13-14(8-10)18-7-6-17-13/h1-5,8,12H,6-7,9,15H2. The molecule has 1 unspecified atom stereocenters. The molecule has 0 fully saturated rings. The first kappa shape index (κ1) is 11.2. The summed E-state index contributed by atoms with van der Waals surface area (Å²) in [6, 6.07) is 9.52. The van der Waals surface area contributed by atoms with Crippen molar-refractivity contribution in [2.45, 2.75) is 12.5 Å². The van der Waals surface area contributed by atoms with E-state index in [4.69, 9.17) is 19.6 Å². The quantitative estimate of drug-likeness (QED) is 0.901. The van der Waals surface area contributed by atoms with Crippen molar-refractivity contribution in [1.82, 2.24) is 0 Å². The van der Waals surface area contributed by atoms with E-state index in [9.17, 15) is 0 Å². The fourth-order valence-electron chi connectivity index (χ4n) is 2.05. The zero-order valence-electron chi connectivity index (χ0n) is 9.96. The van der Waals surface area contributed by atoms with Gasteiger partial charge in [0.1, 0.15) is 19.0 Å². The number of furan rings is 1. The molecule has 3 rings (SSSR count). The Labute approximate surface area is 105 Å². The summed E-state index contributed by atoms with van der Waals surface area (Å²) in [5.41, 5.74) is 7.19. The van der Waals surface area contributed by atoms with Crippen LogP contribution < -0.4 is 15.2 Å². The Kier molecular flexibility index (Phi) is 2.94. The summed E-state index contributed by atoms with van der Waals surface area (Å²) >= 11 is 0. The van der Waals surface area contributed by atoms with Crippen molar-refractivity contribution < 1.29 is 13.9 Å². The minimum absolute atomic E-state index is 0.105. The number of fused-ring (bicyclic) bond motifs is 1. The van der Waals surface area contributed by atoms with E-state index in [2.05, 4.69) is 0 Å². The zero-order chi connectivity index (χ0) is 12.4. The van der Waals surface area contributed by atoms with Gasteiger partial charge in [-0.25, -0.2) is 0 Å². The van der Waals surface area contributed by atoms with Gasteiger partial charge in [-0.2, -0.15) is 0 Å². The van der Waals surface area contributed by atoms with Crippen LogP contribution in [0.4, 0.5) is 0 Å². The monoisotopic (exact) mass is 245 g/mol. The normalized spacial score (nSPS) is 15.4. The Balaban J connectivity index is 1.79. The van der Waals surface area contributed by atoms with E-state index in [0.29, 0.717) is 19.6 Å². The van der Waals surface area contributed by atoms with Crippen molar-refractivity contribution in [3.8, 4) is 11.5 Å². The highest BCUT2D eigenvalue weighted by atomic mass is 16.6. The summed E-state index contributed by atoms with van der Waals surface area (Å²) in [7, 11) is 0. The minimum Gasteiger partial charge on any atom is -0.486 e. The summed E-state index contributed by atoms with van der Waals surface area (Å²) in [6.45, 7) is 1.19. The average molecular weight is 245 g/mol. The van der Waals surface area contributed by atoms with Gasteiger partial charge in [0, 0.05) is 12.5 Å². The molecule has 0 radical (unpaired) electrons. The van der Waals surface area contributed by atoms with E-state index < -0.39 is 0 Å². The van der Waals surface area contributed by atoms with Gasteiger partial charge in [-0.05, 0) is 29.8 Å². The summed E-state index contributed by atoms with van der Waals surface area (Å²) in [5, 5.41) is 0. The van der Waals surface area contributed by atoms with E-state index in [1.54, 1.807) is 6.26 Å². The van der Waals surface area contributed by atoms with Gasteiger partial charge in [0.05, 0.1) is 6.26 Å². The van der Waals surface area contributed by atoms with Crippen molar-refractivity contribution >= 4 is 0 Å². The predicted molar refractivity (Wildman–Crippen MR) is 66.8 cm³/mol. The molecule has 2 N–H and O–H groups in total. The molecule has 0 aliphatic carbocycles. The fourth-order valence-corrected chi connectivity index (χ4v) is 2.05. The van der Waals surface area contributed by atoms with Crippen molar-refractivity contribution in [3.05, 3.63) is 47.9 Å². The van der Waals surface area contributed by atoms with E-state index >= 15 is 0 Å². The maximum absolute atomic E-state index is 6.16. The molecule has 0 spiro atoms. The van der Waals surface area contributed by atoms with Crippen LogP contribution >= 0.6 is 0 Å². The molecule has 1 aliphatic heterocycles. The third kappa shape index (κ3) is 2.19. The summed E-state index contributed by atoms with van der Waals surface area (Å²) in [6.07, 6.45) is 2.33. The van der Waals surface area contributed by atoms with Crippen LogP contribution in [0.1, 0.15) is 17.4 Å². The minimum atomic E-state index is -0.105. The molecule has 1 aromatic carbocycles. The molecule has 18 heavy (non-hydrogen) atoms. The number of nitrogens with two attached hydrogens (primary N) is 1. The molecular formula is C14H15NO3. The van der Waals surface area contributed by atoms with Crippen LogP contribution in [0.2, 0.25) is 0 Å². The number of hydrogen-bond donors (Lipinski definition) is 1. The van der Waals surface area contributed by atoms with Gasteiger partial charge < -0.3 is 19.6 Å². The van der Waals surface area contributed by atoms with Crippen LogP contribution in [-0.2, 0) is 6.42 Å². The van der Waals surface area contributed by atoms with Crippen LogP contribution in [-0.4, -0.2) is 13.2 Å². The molecule has 2 aromatic rings. The molecular weight excluding hydrogens is 230 g/mol. The van der Waals surface area contributed by atoms with Crippen molar-refractivity contribution in [1.29, 1.82) is 0 Å². The largest absolute Gasteiger partial charge is 0.486 e. The Morgan fingerprint density at radius 1 is 1.11 bits per heavy atom. The summed E-state index contributed by atoms with van der Waals surface area (Å²) in [5.74, 6) is 2.45. The molecule has 1 aliphatic rings. The highest BCUT2D eigenvalue weighted by Crippen LogP contribution is 2.32. The molecule has 4 nitrogen and oxygen atoms in total. The maximum Gasteiger partial charge on any atom is 0.161 e. The first-order chi connectivity index (χ1) is 8.83. The molecule has 0 saturated heterocycles. The molecule has 0 saturated carbocycles. The van der Waals surface area contributed by atoms with Crippen molar-refractivity contribution in [2.24, 2.45) is 5.73 Å². The Bertz CT molecular complexity index is 522. The van der Waals surface area contributed by atoms with Crippen molar-refractivity contribution in [3.63, 3.8) is 0 Å². The maximum atomic E-state index is 6.16. The van der Waals surface area contributed by atoms with Gasteiger partial charge in [0.15, 0.2) is 11.5 Å². The van der Waals surface area contributed by atoms with Crippen LogP contribution in [0.5, 0.6) is 11.5 Å². The zero-order valence-corrected chi connectivity index (χ0v) is 9.96. The number of benzene rings is 1. The second kappa shape index (κ2) is 4.74. The van der Waals surface area contributed by atoms with E-state index in [-0.39, 0.29) is 6.04 Å². The first-order valence-corrected chi connectivity index (χ1v) is 6.00. The van der Waals surface area contributed by atoms with Gasteiger partial charge in [-0.1, -0.05) is 6.07 Å². The lowest BCUT2D eigenvalue weighted by Crippen LogP contribution is -2.17. The fraction of sp³-hybridized carbons (Fsp3) is 0.286. The lowest BCUT2D eigenvalue weighted by atomic mass is 10.0. The summed E-state index contributed by atoms with van der Waals surface area (Å²) in [4.78, 5) is 0. The molecule has 2 heterocycles. The second-order valence-corrected chi connectivity index (χ2v) is 4.29. The predicted octanol–water partition coefficient (Wildman–Crippen LogP) is 2.29. The molecule has 94 valence electrons. The Morgan fingerprint density at radius 3 is 2.72 bits per heavy atom. The Hall–Kier alpha value is -1.94. The molecule has 4 heteroatoms. The second-order valence-electron chi connectivity index (χ2n) is 4.29. The molecule has 1 aromatic heterocycles. The number of hydrogen-bond acceptors (Lipinski definition) is 4. The van der Waals surface area contributed by atoms with Crippen LogP contribution in [0.25, 0.3) is 0 Å². The lowest BCUT2D eigenvalue weighted by Gasteiger charge is -2.20. The topological polar surface area (TPSA) is 57.6 Å². The molecule has 1 atom stereocenters. The summed E-state index contributed by atoms with van der Waals surface area (Å²) < 4.78 is 16.3. The van der Waals surface area contributed by atoms with E-state index in [1.165, 1.54) is 0 Å². The van der Waals surface area contributed by atoms with E-state index in [0.717, 1.165) is 22.8 Å². The van der Waals surface area contributed by atoms with Gasteiger partial charge in [0.25, 0.3) is 0 Å². The van der Waals surface area contributed by atoms with Crippen LogP contribution in [0.15, 0.2) is 41.0 Å². The van der Waals surface area contributed by atoms with Crippen LogP contribution in [0, 0.1) is 0 Å². The average Bonchev–Trinajstić information content (AvgIpc) is 2.91. The van der Waals surface area contributed by atoms with Gasteiger partial charge >= 0.3 is 0 Å². The highest BCUT2D eigenvalue weighted by molar-refractivity contribution is 5.44. The van der Waals surface area contributed by atoms with Gasteiger partial charge in [-0.3, -0.25) is 0 Å². The third-order valence-corrected chi connectivity index (χ3v) is 3.00. The first-order valence-electron chi connectivity index (χ1n) is 6.00. The number of rotatable bonds is 3. The SMILES string of the molecule is NC(Cc1ccco1)c1ccc2c(c1)OCCO2. The smallest absolute Gasteiger partial charge is 0.161 e. The highest BCUT2D eigenvalue weighted by Gasteiger charge is 2.15. The van der Waals surface area contributed by atoms with Crippen LogP contribution in [0.3, 0.4) is 0 Å². The van der Waals surface area contributed by atoms with E-state index in [1.807, 2.05) is 30.3 Å². The lowest BCUT2D eigenvalue weighted by molar-refractivity contribution is 0.171. The molecule has 0 bridgehead atoms. The number of ether oxygens (including phenoxy) is 2. The van der Waals surface area contributed by atoms with Gasteiger partial charge in [-0.15, -0.1) is 0 Å². The van der Waals surface area contributed by atoms with Crippen molar-refractivity contribution in [2.75, 3.05) is 13.2 Å². The molecule has 0 amide bonds.